The molecule has 1 aromatic rings. The normalized spacial score (nSPS) is 15.1. The number of carbonyl (C=O) groups is 1. The fourth-order valence-corrected chi connectivity index (χ4v) is 1.65. The zero-order chi connectivity index (χ0) is 13.8. The van der Waals surface area contributed by atoms with Crippen molar-refractivity contribution in [1.82, 2.24) is 5.32 Å². The van der Waals surface area contributed by atoms with Crippen LogP contribution >= 0.6 is 0 Å². The summed E-state index contributed by atoms with van der Waals surface area (Å²) in [7, 11) is 0. The van der Waals surface area contributed by atoms with Gasteiger partial charge in [-0.25, -0.2) is 0 Å². The van der Waals surface area contributed by atoms with Crippen molar-refractivity contribution in [1.29, 1.82) is 0 Å². The van der Waals surface area contributed by atoms with E-state index in [2.05, 4.69) is 0 Å². The molecule has 0 saturated carbocycles. The van der Waals surface area contributed by atoms with Crippen LogP contribution in [0.1, 0.15) is 18.4 Å². The third kappa shape index (κ3) is 4.37. The maximum absolute atomic E-state index is 12.1. The topological polar surface area (TPSA) is 49.3 Å². The smallest absolute Gasteiger partial charge is 0.401 e. The predicted octanol–water partition coefficient (Wildman–Crippen LogP) is 2.40. The van der Waals surface area contributed by atoms with Gasteiger partial charge >= 0.3 is 12.1 Å². The highest BCUT2D eigenvalue weighted by Gasteiger charge is 2.32. The lowest BCUT2D eigenvalue weighted by molar-refractivity contribution is -0.144. The summed E-state index contributed by atoms with van der Waals surface area (Å²) in [6.07, 6.45) is -4.43. The van der Waals surface area contributed by atoms with Crippen LogP contribution < -0.4 is 5.32 Å². The van der Waals surface area contributed by atoms with E-state index in [1.807, 2.05) is 5.32 Å². The van der Waals surface area contributed by atoms with E-state index in [1.54, 1.807) is 37.3 Å². The molecular formula is C12H14F3NO2. The molecule has 0 bridgehead atoms. The summed E-state index contributed by atoms with van der Waals surface area (Å²) in [6.45, 7) is 0.263. The molecule has 0 spiro atoms. The van der Waals surface area contributed by atoms with Crippen LogP contribution in [-0.4, -0.2) is 29.8 Å². The summed E-state index contributed by atoms with van der Waals surface area (Å²) < 4.78 is 36.3. The van der Waals surface area contributed by atoms with Gasteiger partial charge in [0.25, 0.3) is 0 Å². The lowest BCUT2D eigenvalue weighted by Crippen LogP contribution is -2.45. The molecule has 2 atom stereocenters. The van der Waals surface area contributed by atoms with Gasteiger partial charge in [-0.05, 0) is 5.56 Å². The van der Waals surface area contributed by atoms with Gasteiger partial charge < -0.3 is 5.11 Å². The number of carboxylic acids is 1. The van der Waals surface area contributed by atoms with Gasteiger partial charge in [0.15, 0.2) is 0 Å². The molecule has 2 N–H and O–H groups in total. The van der Waals surface area contributed by atoms with Crippen LogP contribution in [0.3, 0.4) is 0 Å². The number of benzene rings is 1. The predicted molar refractivity (Wildman–Crippen MR) is 60.3 cm³/mol. The van der Waals surface area contributed by atoms with Gasteiger partial charge in [-0.2, -0.15) is 13.2 Å². The average Bonchev–Trinajstić information content (AvgIpc) is 2.28. The molecule has 1 aromatic carbocycles. The zero-order valence-electron chi connectivity index (χ0n) is 9.74. The number of rotatable bonds is 5. The number of halogens is 3. The maximum Gasteiger partial charge on any atom is 0.401 e. The monoisotopic (exact) mass is 261 g/mol. The van der Waals surface area contributed by atoms with E-state index in [-0.39, 0.29) is 0 Å². The minimum atomic E-state index is -4.43. The van der Waals surface area contributed by atoms with E-state index in [1.165, 1.54) is 0 Å². The standard InChI is InChI=1S/C12H14F3NO2/c1-8(9-5-3-2-4-6-9)10(11(17)18)16-7-12(13,14)15/h2-6,8,10,16H,7H2,1H3,(H,17,18). The summed E-state index contributed by atoms with van der Waals surface area (Å²) in [6, 6.07) is 7.30. The van der Waals surface area contributed by atoms with Crippen molar-refractivity contribution in [3.63, 3.8) is 0 Å². The lowest BCUT2D eigenvalue weighted by atomic mass is 9.93. The van der Waals surface area contributed by atoms with Crippen LogP contribution in [0.5, 0.6) is 0 Å². The van der Waals surface area contributed by atoms with Gasteiger partial charge in [0.1, 0.15) is 6.04 Å². The summed E-state index contributed by atoms with van der Waals surface area (Å²) in [5.74, 6) is -1.85. The molecule has 0 fully saturated rings. The Morgan fingerprint density at radius 3 is 2.33 bits per heavy atom. The Morgan fingerprint density at radius 2 is 1.89 bits per heavy atom. The molecule has 0 aromatic heterocycles. The van der Waals surface area contributed by atoms with Crippen LogP contribution in [0, 0.1) is 0 Å². The second-order valence-corrected chi connectivity index (χ2v) is 4.01. The molecule has 0 amide bonds. The van der Waals surface area contributed by atoms with Gasteiger partial charge in [0, 0.05) is 5.92 Å². The minimum absolute atomic E-state index is 0.550. The van der Waals surface area contributed by atoms with Crippen molar-refractivity contribution in [2.75, 3.05) is 6.54 Å². The Bertz CT molecular complexity index is 392. The first-order valence-corrected chi connectivity index (χ1v) is 5.39. The first-order chi connectivity index (χ1) is 8.31. The highest BCUT2D eigenvalue weighted by Crippen LogP contribution is 2.20. The summed E-state index contributed by atoms with van der Waals surface area (Å²) in [4.78, 5) is 11.0. The van der Waals surface area contributed by atoms with E-state index in [9.17, 15) is 18.0 Å². The Hall–Kier alpha value is -1.56. The molecule has 0 saturated heterocycles. The third-order valence-corrected chi connectivity index (χ3v) is 2.61. The van der Waals surface area contributed by atoms with Gasteiger partial charge in [0.2, 0.25) is 0 Å². The van der Waals surface area contributed by atoms with E-state index in [0.717, 1.165) is 0 Å². The van der Waals surface area contributed by atoms with Crippen LogP contribution in [-0.2, 0) is 4.79 Å². The summed E-state index contributed by atoms with van der Waals surface area (Å²) in [5, 5.41) is 11.0. The third-order valence-electron chi connectivity index (χ3n) is 2.61. The van der Waals surface area contributed by atoms with Gasteiger partial charge in [-0.1, -0.05) is 37.3 Å². The molecule has 18 heavy (non-hydrogen) atoms. The Labute approximate surface area is 103 Å². The van der Waals surface area contributed by atoms with Crippen LogP contribution in [0.2, 0.25) is 0 Å². The maximum atomic E-state index is 12.1. The van der Waals surface area contributed by atoms with Crippen molar-refractivity contribution in [3.05, 3.63) is 35.9 Å². The highest BCUT2D eigenvalue weighted by atomic mass is 19.4. The van der Waals surface area contributed by atoms with Crippen LogP contribution in [0.15, 0.2) is 30.3 Å². The number of carboxylic acid groups (broad SMARTS) is 1. The Kier molecular flexibility index (Phi) is 4.72. The molecule has 0 radical (unpaired) electrons. The van der Waals surface area contributed by atoms with Crippen LogP contribution in [0.25, 0.3) is 0 Å². The molecule has 100 valence electrons. The van der Waals surface area contributed by atoms with Crippen molar-refractivity contribution < 1.29 is 23.1 Å². The first-order valence-electron chi connectivity index (χ1n) is 5.39. The zero-order valence-corrected chi connectivity index (χ0v) is 9.74. The van der Waals surface area contributed by atoms with Crippen LogP contribution in [0.4, 0.5) is 13.2 Å². The van der Waals surface area contributed by atoms with E-state index in [4.69, 9.17) is 5.11 Å². The molecule has 2 unspecified atom stereocenters. The fourth-order valence-electron chi connectivity index (χ4n) is 1.65. The highest BCUT2D eigenvalue weighted by molar-refractivity contribution is 5.75. The van der Waals surface area contributed by atoms with Gasteiger partial charge in [0.05, 0.1) is 6.54 Å². The number of nitrogens with one attached hydrogen (secondary N) is 1. The average molecular weight is 261 g/mol. The summed E-state index contributed by atoms with van der Waals surface area (Å²) >= 11 is 0. The fraction of sp³-hybridized carbons (Fsp3) is 0.417. The quantitative estimate of drug-likeness (QED) is 0.855. The lowest BCUT2D eigenvalue weighted by Gasteiger charge is -2.22. The molecule has 3 nitrogen and oxygen atoms in total. The molecular weight excluding hydrogens is 247 g/mol. The first kappa shape index (κ1) is 14.5. The molecule has 0 aliphatic heterocycles. The minimum Gasteiger partial charge on any atom is -0.480 e. The van der Waals surface area contributed by atoms with E-state index < -0.39 is 30.7 Å². The van der Waals surface area contributed by atoms with Crippen molar-refractivity contribution in [3.8, 4) is 0 Å². The molecule has 0 aliphatic rings. The number of aliphatic carboxylic acids is 1. The number of alkyl halides is 3. The van der Waals surface area contributed by atoms with Crippen molar-refractivity contribution in [2.24, 2.45) is 0 Å². The number of hydrogen-bond donors (Lipinski definition) is 2. The molecule has 1 rings (SSSR count). The molecule has 0 heterocycles. The second-order valence-electron chi connectivity index (χ2n) is 4.01. The number of hydrogen-bond acceptors (Lipinski definition) is 2. The Morgan fingerprint density at radius 1 is 1.33 bits per heavy atom. The summed E-state index contributed by atoms with van der Waals surface area (Å²) in [5.41, 5.74) is 0.680. The Balaban J connectivity index is 2.76. The van der Waals surface area contributed by atoms with Gasteiger partial charge in [-0.3, -0.25) is 10.1 Å². The molecule has 6 heteroatoms. The molecule has 0 aliphatic carbocycles. The van der Waals surface area contributed by atoms with Crippen molar-refractivity contribution in [2.45, 2.75) is 25.1 Å². The van der Waals surface area contributed by atoms with E-state index in [0.29, 0.717) is 5.56 Å². The van der Waals surface area contributed by atoms with Crippen molar-refractivity contribution >= 4 is 5.97 Å². The second kappa shape index (κ2) is 5.86. The van der Waals surface area contributed by atoms with Gasteiger partial charge in [-0.15, -0.1) is 0 Å². The largest absolute Gasteiger partial charge is 0.480 e. The van der Waals surface area contributed by atoms with E-state index >= 15 is 0 Å². The SMILES string of the molecule is CC(c1ccccc1)C(NCC(F)(F)F)C(=O)O.